The lowest BCUT2D eigenvalue weighted by molar-refractivity contribution is -0.115. The van der Waals surface area contributed by atoms with Gasteiger partial charge in [-0.25, -0.2) is 4.98 Å². The molecule has 0 saturated heterocycles. The van der Waals surface area contributed by atoms with E-state index in [-0.39, 0.29) is 5.91 Å². The summed E-state index contributed by atoms with van der Waals surface area (Å²) in [5.74, 6) is -0.0743. The zero-order chi connectivity index (χ0) is 18.8. The molecule has 0 bridgehead atoms. The summed E-state index contributed by atoms with van der Waals surface area (Å²) in [7, 11) is 0. The average molecular weight is 418 g/mol. The van der Waals surface area contributed by atoms with Crippen LogP contribution in [0.5, 0.6) is 0 Å². The molecule has 4 rings (SSSR count). The molecule has 4 nitrogen and oxygen atoms in total. The molecule has 0 saturated carbocycles. The number of hydrogen-bond donors (Lipinski definition) is 1. The predicted molar refractivity (Wildman–Crippen MR) is 113 cm³/mol. The maximum absolute atomic E-state index is 12.5. The number of halogens is 2. The lowest BCUT2D eigenvalue weighted by atomic mass is 10.0. The summed E-state index contributed by atoms with van der Waals surface area (Å²) < 4.78 is 0. The Labute approximate surface area is 171 Å². The first-order chi connectivity index (χ1) is 13.1. The van der Waals surface area contributed by atoms with Crippen molar-refractivity contribution in [2.45, 2.75) is 12.8 Å². The second-order valence-electron chi connectivity index (χ2n) is 6.36. The Kier molecular flexibility index (Phi) is 5.34. The maximum Gasteiger partial charge on any atom is 0.245 e. The van der Waals surface area contributed by atoms with Gasteiger partial charge in [0.2, 0.25) is 5.91 Å². The van der Waals surface area contributed by atoms with Gasteiger partial charge in [0.25, 0.3) is 0 Å². The minimum Gasteiger partial charge on any atom is -0.362 e. The first kappa shape index (κ1) is 18.3. The molecule has 1 amide bonds. The number of hydrogen-bond acceptors (Lipinski definition) is 4. The van der Waals surface area contributed by atoms with Crippen LogP contribution in [0.1, 0.15) is 12.0 Å². The van der Waals surface area contributed by atoms with E-state index < -0.39 is 0 Å². The number of amides is 1. The highest BCUT2D eigenvalue weighted by atomic mass is 35.5. The van der Waals surface area contributed by atoms with E-state index >= 15 is 0 Å². The van der Waals surface area contributed by atoms with Gasteiger partial charge in [0, 0.05) is 28.2 Å². The number of nitrogens with zero attached hydrogens (tertiary/aromatic N) is 2. The highest BCUT2D eigenvalue weighted by Gasteiger charge is 2.19. The molecule has 27 heavy (non-hydrogen) atoms. The first-order valence-corrected chi connectivity index (χ1v) is 10.3. The Morgan fingerprint density at radius 3 is 2.93 bits per heavy atom. The van der Waals surface area contributed by atoms with Crippen molar-refractivity contribution < 1.29 is 4.79 Å². The Hall–Kier alpha value is -2.08. The summed E-state index contributed by atoms with van der Waals surface area (Å²) in [6.07, 6.45) is 2.12. The van der Waals surface area contributed by atoms with Gasteiger partial charge in [0.15, 0.2) is 5.13 Å². The van der Waals surface area contributed by atoms with E-state index in [1.54, 1.807) is 12.1 Å². The Bertz CT molecular complexity index is 989. The molecule has 0 aliphatic carbocycles. The van der Waals surface area contributed by atoms with E-state index in [1.165, 1.54) is 16.9 Å². The van der Waals surface area contributed by atoms with Gasteiger partial charge in [-0.1, -0.05) is 41.4 Å². The quantitative estimate of drug-likeness (QED) is 0.608. The molecule has 2 aromatic carbocycles. The fourth-order valence-corrected chi connectivity index (χ4v) is 4.49. The SMILES string of the molecule is O=C(CN1CCCc2ccccc21)Nc1nc(-c2ccc(Cl)cc2Cl)cs1. The summed E-state index contributed by atoms with van der Waals surface area (Å²) >= 11 is 13.6. The number of rotatable bonds is 4. The lowest BCUT2D eigenvalue weighted by Crippen LogP contribution is -2.36. The summed E-state index contributed by atoms with van der Waals surface area (Å²) in [5, 5.41) is 6.45. The van der Waals surface area contributed by atoms with Crippen molar-refractivity contribution in [2.75, 3.05) is 23.3 Å². The lowest BCUT2D eigenvalue weighted by Gasteiger charge is -2.30. The van der Waals surface area contributed by atoms with Gasteiger partial charge in [-0.05, 0) is 42.7 Å². The number of aryl methyl sites for hydroxylation is 1. The van der Waals surface area contributed by atoms with E-state index in [4.69, 9.17) is 23.2 Å². The van der Waals surface area contributed by atoms with Crippen molar-refractivity contribution >= 4 is 51.3 Å². The number of para-hydroxylation sites is 1. The van der Waals surface area contributed by atoms with Gasteiger partial charge >= 0.3 is 0 Å². The van der Waals surface area contributed by atoms with Crippen LogP contribution in [-0.4, -0.2) is 24.0 Å². The normalized spacial score (nSPS) is 13.3. The van der Waals surface area contributed by atoms with Crippen molar-refractivity contribution in [3.63, 3.8) is 0 Å². The number of carbonyl (C=O) groups excluding carboxylic acids is 1. The molecule has 0 radical (unpaired) electrons. The van der Waals surface area contributed by atoms with Crippen molar-refractivity contribution in [1.29, 1.82) is 0 Å². The molecule has 2 heterocycles. The van der Waals surface area contributed by atoms with Crippen molar-refractivity contribution in [3.8, 4) is 11.3 Å². The highest BCUT2D eigenvalue weighted by molar-refractivity contribution is 7.14. The van der Waals surface area contributed by atoms with E-state index in [0.29, 0.717) is 21.7 Å². The average Bonchev–Trinajstić information content (AvgIpc) is 3.10. The number of nitrogens with one attached hydrogen (secondary N) is 1. The van der Waals surface area contributed by atoms with Crippen molar-refractivity contribution in [2.24, 2.45) is 0 Å². The first-order valence-electron chi connectivity index (χ1n) is 8.64. The zero-order valence-corrected chi connectivity index (χ0v) is 16.7. The van der Waals surface area contributed by atoms with Crippen LogP contribution in [0.25, 0.3) is 11.3 Å². The largest absolute Gasteiger partial charge is 0.362 e. The topological polar surface area (TPSA) is 45.2 Å². The third-order valence-electron chi connectivity index (χ3n) is 4.50. The number of benzene rings is 2. The van der Waals surface area contributed by atoms with Crippen LogP contribution in [0.15, 0.2) is 47.8 Å². The van der Waals surface area contributed by atoms with E-state index in [9.17, 15) is 4.79 Å². The summed E-state index contributed by atoms with van der Waals surface area (Å²) in [6.45, 7) is 1.20. The van der Waals surface area contributed by atoms with Crippen LogP contribution >= 0.6 is 34.5 Å². The van der Waals surface area contributed by atoms with Crippen LogP contribution in [0.2, 0.25) is 10.0 Å². The molecule has 1 aliphatic rings. The predicted octanol–water partition coefficient (Wildman–Crippen LogP) is 5.51. The van der Waals surface area contributed by atoms with E-state index in [0.717, 1.165) is 36.3 Å². The monoisotopic (exact) mass is 417 g/mol. The van der Waals surface area contributed by atoms with Crippen LogP contribution in [-0.2, 0) is 11.2 Å². The van der Waals surface area contributed by atoms with Gasteiger partial charge in [-0.2, -0.15) is 0 Å². The minimum atomic E-state index is -0.0743. The Balaban J connectivity index is 1.45. The minimum absolute atomic E-state index is 0.0743. The summed E-state index contributed by atoms with van der Waals surface area (Å²) in [4.78, 5) is 19.1. The van der Waals surface area contributed by atoms with Gasteiger partial charge in [0.05, 0.1) is 17.3 Å². The molecule has 1 aliphatic heterocycles. The fourth-order valence-electron chi connectivity index (χ4n) is 3.26. The number of carbonyl (C=O) groups is 1. The van der Waals surface area contributed by atoms with Crippen LogP contribution in [0, 0.1) is 0 Å². The van der Waals surface area contributed by atoms with Gasteiger partial charge < -0.3 is 10.2 Å². The van der Waals surface area contributed by atoms with Gasteiger partial charge in [-0.15, -0.1) is 11.3 Å². The van der Waals surface area contributed by atoms with Crippen molar-refractivity contribution in [3.05, 3.63) is 63.5 Å². The number of fused-ring (bicyclic) bond motifs is 1. The molecule has 1 N–H and O–H groups in total. The summed E-state index contributed by atoms with van der Waals surface area (Å²) in [5.41, 5.74) is 3.96. The fraction of sp³-hybridized carbons (Fsp3) is 0.200. The second-order valence-corrected chi connectivity index (χ2v) is 8.07. The number of aromatic nitrogens is 1. The zero-order valence-electron chi connectivity index (χ0n) is 14.4. The van der Waals surface area contributed by atoms with Crippen LogP contribution in [0.3, 0.4) is 0 Å². The van der Waals surface area contributed by atoms with Crippen LogP contribution < -0.4 is 10.2 Å². The molecule has 0 fully saturated rings. The van der Waals surface area contributed by atoms with Gasteiger partial charge in [0.1, 0.15) is 0 Å². The summed E-state index contributed by atoms with van der Waals surface area (Å²) in [6, 6.07) is 13.5. The molecule has 0 spiro atoms. The van der Waals surface area contributed by atoms with Crippen LogP contribution in [0.4, 0.5) is 10.8 Å². The number of anilines is 2. The molecular formula is C20H17Cl2N3OS. The molecule has 7 heteroatoms. The molecule has 0 unspecified atom stereocenters. The molecule has 3 aromatic rings. The van der Waals surface area contributed by atoms with E-state index in [2.05, 4.69) is 27.3 Å². The van der Waals surface area contributed by atoms with Crippen molar-refractivity contribution in [1.82, 2.24) is 4.98 Å². The third kappa shape index (κ3) is 4.10. The highest BCUT2D eigenvalue weighted by Crippen LogP contribution is 2.32. The third-order valence-corrected chi connectivity index (χ3v) is 5.80. The smallest absolute Gasteiger partial charge is 0.245 e. The number of thiazole rings is 1. The molecule has 138 valence electrons. The van der Waals surface area contributed by atoms with E-state index in [1.807, 2.05) is 23.6 Å². The van der Waals surface area contributed by atoms with Gasteiger partial charge in [-0.3, -0.25) is 4.79 Å². The maximum atomic E-state index is 12.5. The molecule has 0 atom stereocenters. The molecule has 1 aromatic heterocycles. The Morgan fingerprint density at radius 1 is 1.22 bits per heavy atom. The second kappa shape index (κ2) is 7.89. The Morgan fingerprint density at radius 2 is 2.07 bits per heavy atom. The standard InChI is InChI=1S/C20H17Cl2N3OS/c21-14-7-8-15(16(22)10-14)17-12-27-20(23-17)24-19(26)11-25-9-3-5-13-4-1-2-6-18(13)25/h1-2,4,6-8,10,12H,3,5,9,11H2,(H,23,24,26). The molecular weight excluding hydrogens is 401 g/mol.